The molecule has 2 unspecified atom stereocenters. The molecule has 2 aromatic carbocycles. The topological polar surface area (TPSA) is 131 Å². The first-order valence-corrected chi connectivity index (χ1v) is 13.0. The van der Waals surface area contributed by atoms with Gasteiger partial charge in [0.1, 0.15) is 17.7 Å². The third-order valence-electron chi connectivity index (χ3n) is 5.95. The number of alkyl carbamates (subject to hydrolysis) is 1. The van der Waals surface area contributed by atoms with E-state index in [4.69, 9.17) is 10.5 Å². The summed E-state index contributed by atoms with van der Waals surface area (Å²) in [5.41, 5.74) is 7.61. The fourth-order valence-corrected chi connectivity index (χ4v) is 4.33. The maximum atomic E-state index is 14.2. The SMILES string of the molecule is Cc1cccc(C(C(=O)Nc2c(C)cccc2C)N(C(=O)C(CC(N)=O)NC(=O)OC(C)(C)C)C(C)(C)C)c1. The second-order valence-corrected chi connectivity index (χ2v) is 11.8. The molecule has 2 rings (SSSR count). The lowest BCUT2D eigenvalue weighted by molar-refractivity contribution is -0.147. The molecule has 0 saturated heterocycles. The van der Waals surface area contributed by atoms with Gasteiger partial charge in [-0.05, 0) is 79.0 Å². The van der Waals surface area contributed by atoms with E-state index in [1.54, 1.807) is 47.6 Å². The van der Waals surface area contributed by atoms with E-state index < -0.39 is 53.5 Å². The standard InChI is InChI=1S/C30H42N4O5/c1-18-12-10-15-21(16-18)25(26(36)33-24-19(2)13-11-14-20(24)3)34(29(4,5)6)27(37)22(17-23(31)35)32-28(38)39-30(7,8)9/h10-16,22,25H,17H2,1-9H3,(H2,31,35)(H,32,38)(H,33,36). The van der Waals surface area contributed by atoms with Crippen LogP contribution in [0.3, 0.4) is 0 Å². The molecule has 0 aliphatic rings. The molecule has 4 amide bonds. The highest BCUT2D eigenvalue weighted by molar-refractivity contribution is 6.00. The van der Waals surface area contributed by atoms with Crippen LogP contribution in [-0.2, 0) is 19.1 Å². The number of rotatable bonds is 8. The van der Waals surface area contributed by atoms with Crippen LogP contribution in [0.1, 0.15) is 76.3 Å². The van der Waals surface area contributed by atoms with Gasteiger partial charge < -0.3 is 26.0 Å². The minimum atomic E-state index is -1.35. The van der Waals surface area contributed by atoms with E-state index >= 15 is 0 Å². The molecule has 0 aromatic heterocycles. The van der Waals surface area contributed by atoms with Crippen molar-refractivity contribution < 1.29 is 23.9 Å². The monoisotopic (exact) mass is 538 g/mol. The zero-order valence-corrected chi connectivity index (χ0v) is 24.5. The molecule has 0 aliphatic heterocycles. The van der Waals surface area contributed by atoms with Gasteiger partial charge in [0.15, 0.2) is 0 Å². The Balaban J connectivity index is 2.64. The molecule has 9 heteroatoms. The molecule has 0 spiro atoms. The van der Waals surface area contributed by atoms with Gasteiger partial charge in [0.2, 0.25) is 11.8 Å². The minimum Gasteiger partial charge on any atom is -0.444 e. The molecule has 2 aromatic rings. The zero-order valence-electron chi connectivity index (χ0n) is 24.5. The average molecular weight is 539 g/mol. The van der Waals surface area contributed by atoms with E-state index in [-0.39, 0.29) is 0 Å². The highest BCUT2D eigenvalue weighted by Gasteiger charge is 2.42. The van der Waals surface area contributed by atoms with Crippen molar-refractivity contribution in [3.05, 3.63) is 64.7 Å². The van der Waals surface area contributed by atoms with Gasteiger partial charge in [-0.3, -0.25) is 14.4 Å². The number of amides is 4. The quantitative estimate of drug-likeness (QED) is 0.449. The number of nitrogens with one attached hydrogen (secondary N) is 2. The van der Waals surface area contributed by atoms with E-state index in [2.05, 4.69) is 10.6 Å². The van der Waals surface area contributed by atoms with Crippen molar-refractivity contribution in [3.8, 4) is 0 Å². The molecule has 9 nitrogen and oxygen atoms in total. The van der Waals surface area contributed by atoms with E-state index in [0.29, 0.717) is 11.3 Å². The van der Waals surface area contributed by atoms with Crippen molar-refractivity contribution >= 4 is 29.5 Å². The third kappa shape index (κ3) is 8.84. The van der Waals surface area contributed by atoms with Crippen LogP contribution < -0.4 is 16.4 Å². The van der Waals surface area contributed by atoms with Crippen molar-refractivity contribution in [1.29, 1.82) is 0 Å². The molecule has 4 N–H and O–H groups in total. The Kier molecular flexibility index (Phi) is 9.90. The molecule has 2 atom stereocenters. The lowest BCUT2D eigenvalue weighted by atomic mass is 9.94. The smallest absolute Gasteiger partial charge is 0.408 e. The predicted octanol–water partition coefficient (Wildman–Crippen LogP) is 4.69. The van der Waals surface area contributed by atoms with Crippen molar-refractivity contribution in [2.24, 2.45) is 5.73 Å². The Labute approximate surface area is 231 Å². The largest absolute Gasteiger partial charge is 0.444 e. The van der Waals surface area contributed by atoms with Crippen LogP contribution in [-0.4, -0.2) is 45.9 Å². The van der Waals surface area contributed by atoms with E-state index in [9.17, 15) is 19.2 Å². The molecule has 212 valence electrons. The van der Waals surface area contributed by atoms with Gasteiger partial charge in [-0.25, -0.2) is 4.79 Å². The first-order chi connectivity index (χ1) is 17.9. The first kappa shape index (κ1) is 31.3. The van der Waals surface area contributed by atoms with Gasteiger partial charge in [0, 0.05) is 11.2 Å². The predicted molar refractivity (Wildman–Crippen MR) is 152 cm³/mol. The normalized spacial score (nSPS) is 13.2. The van der Waals surface area contributed by atoms with E-state index in [0.717, 1.165) is 16.7 Å². The number of nitrogens with two attached hydrogens (primary N) is 1. The Hall–Kier alpha value is -3.88. The van der Waals surface area contributed by atoms with Crippen LogP contribution in [0.4, 0.5) is 10.5 Å². The molecular weight excluding hydrogens is 496 g/mol. The number of hydrogen-bond acceptors (Lipinski definition) is 5. The summed E-state index contributed by atoms with van der Waals surface area (Å²) >= 11 is 0. The molecule has 0 radical (unpaired) electrons. The molecule has 0 saturated carbocycles. The van der Waals surface area contributed by atoms with Crippen LogP contribution in [0.5, 0.6) is 0 Å². The number of carbonyl (C=O) groups is 4. The summed E-state index contributed by atoms with van der Waals surface area (Å²) in [6.07, 6.45) is -1.34. The fourth-order valence-electron chi connectivity index (χ4n) is 4.33. The van der Waals surface area contributed by atoms with Crippen molar-refractivity contribution in [3.63, 3.8) is 0 Å². The summed E-state index contributed by atoms with van der Waals surface area (Å²) in [4.78, 5) is 54.2. The Morgan fingerprint density at radius 2 is 1.49 bits per heavy atom. The second-order valence-electron chi connectivity index (χ2n) is 11.8. The number of ether oxygens (including phenoxy) is 1. The molecule has 0 fully saturated rings. The zero-order chi connectivity index (χ0) is 29.7. The molecule has 0 heterocycles. The van der Waals surface area contributed by atoms with Gasteiger partial charge in [0.05, 0.1) is 6.42 Å². The van der Waals surface area contributed by atoms with Crippen LogP contribution in [0, 0.1) is 20.8 Å². The van der Waals surface area contributed by atoms with Gasteiger partial charge >= 0.3 is 6.09 Å². The molecule has 0 bridgehead atoms. The minimum absolute atomic E-state index is 0.434. The average Bonchev–Trinajstić information content (AvgIpc) is 2.76. The van der Waals surface area contributed by atoms with Gasteiger partial charge in [-0.1, -0.05) is 48.0 Å². The lowest BCUT2D eigenvalue weighted by Crippen LogP contribution is -2.58. The summed E-state index contributed by atoms with van der Waals surface area (Å²) in [6, 6.07) is 10.6. The van der Waals surface area contributed by atoms with Gasteiger partial charge in [-0.15, -0.1) is 0 Å². The second kappa shape index (κ2) is 12.3. The number of primary amides is 1. The number of benzene rings is 2. The number of nitrogens with zero attached hydrogens (tertiary/aromatic N) is 1. The number of para-hydroxylation sites is 1. The van der Waals surface area contributed by atoms with Gasteiger partial charge in [0.25, 0.3) is 5.91 Å². The summed E-state index contributed by atoms with van der Waals surface area (Å²) in [6.45, 7) is 16.1. The summed E-state index contributed by atoms with van der Waals surface area (Å²) in [5, 5.41) is 5.52. The Morgan fingerprint density at radius 3 is 1.97 bits per heavy atom. The Bertz CT molecular complexity index is 1210. The van der Waals surface area contributed by atoms with Crippen LogP contribution >= 0.6 is 0 Å². The highest BCUT2D eigenvalue weighted by Crippen LogP contribution is 2.32. The van der Waals surface area contributed by atoms with Crippen LogP contribution in [0.25, 0.3) is 0 Å². The van der Waals surface area contributed by atoms with E-state index in [1.165, 1.54) is 4.90 Å². The first-order valence-electron chi connectivity index (χ1n) is 13.0. The fraction of sp³-hybridized carbons (Fsp3) is 0.467. The number of carbonyl (C=O) groups excluding carboxylic acids is 4. The maximum Gasteiger partial charge on any atom is 0.408 e. The Morgan fingerprint density at radius 1 is 0.923 bits per heavy atom. The number of hydrogen-bond donors (Lipinski definition) is 3. The number of anilines is 1. The van der Waals surface area contributed by atoms with Crippen molar-refractivity contribution in [1.82, 2.24) is 10.2 Å². The summed E-state index contributed by atoms with van der Waals surface area (Å²) in [7, 11) is 0. The summed E-state index contributed by atoms with van der Waals surface area (Å²) < 4.78 is 5.33. The van der Waals surface area contributed by atoms with Crippen molar-refractivity contribution in [2.75, 3.05) is 5.32 Å². The van der Waals surface area contributed by atoms with Crippen LogP contribution in [0.15, 0.2) is 42.5 Å². The van der Waals surface area contributed by atoms with Gasteiger partial charge in [-0.2, -0.15) is 0 Å². The highest BCUT2D eigenvalue weighted by atomic mass is 16.6. The molecule has 0 aliphatic carbocycles. The van der Waals surface area contributed by atoms with Crippen molar-refractivity contribution in [2.45, 2.75) is 92.0 Å². The number of aryl methyl sites for hydroxylation is 3. The third-order valence-corrected chi connectivity index (χ3v) is 5.95. The maximum absolute atomic E-state index is 14.2. The molecule has 39 heavy (non-hydrogen) atoms. The van der Waals surface area contributed by atoms with Crippen LogP contribution in [0.2, 0.25) is 0 Å². The lowest BCUT2D eigenvalue weighted by Gasteiger charge is -2.43. The van der Waals surface area contributed by atoms with E-state index in [1.807, 2.05) is 57.2 Å². The molecular formula is C30H42N4O5. The summed E-state index contributed by atoms with van der Waals surface area (Å²) in [5.74, 6) is -1.86.